The van der Waals surface area contributed by atoms with Crippen molar-refractivity contribution in [1.82, 2.24) is 24.8 Å². The highest BCUT2D eigenvalue weighted by Gasteiger charge is 2.29. The minimum atomic E-state index is -0.0901. The third-order valence-corrected chi connectivity index (χ3v) is 6.15. The van der Waals surface area contributed by atoms with Crippen LogP contribution >= 0.6 is 11.3 Å². The lowest BCUT2D eigenvalue weighted by Crippen LogP contribution is -2.41. The van der Waals surface area contributed by atoms with E-state index in [4.69, 9.17) is 4.74 Å². The summed E-state index contributed by atoms with van der Waals surface area (Å²) in [6.07, 6.45) is 6.29. The highest BCUT2D eigenvalue weighted by atomic mass is 32.1. The van der Waals surface area contributed by atoms with E-state index in [0.717, 1.165) is 25.8 Å². The van der Waals surface area contributed by atoms with Gasteiger partial charge in [0.15, 0.2) is 5.13 Å². The number of nitrogens with zero attached hydrogens (tertiary/aromatic N) is 5. The van der Waals surface area contributed by atoms with Crippen LogP contribution in [0.1, 0.15) is 47.2 Å². The lowest BCUT2D eigenvalue weighted by atomic mass is 10.0. The number of amides is 2. The van der Waals surface area contributed by atoms with Crippen LogP contribution in [0.4, 0.5) is 5.13 Å². The number of carbonyl (C=O) groups is 2. The Hall–Kier alpha value is -2.43. The van der Waals surface area contributed by atoms with Crippen molar-refractivity contribution in [3.05, 3.63) is 34.9 Å². The number of piperidine rings is 1. The van der Waals surface area contributed by atoms with E-state index in [1.165, 1.54) is 11.3 Å². The molecule has 0 aromatic carbocycles. The molecule has 30 heavy (non-hydrogen) atoms. The number of likely N-dealkylation sites (tertiary alicyclic amines) is 1. The third-order valence-electron chi connectivity index (χ3n) is 5.46. The minimum Gasteiger partial charge on any atom is -0.378 e. The summed E-state index contributed by atoms with van der Waals surface area (Å²) >= 11 is 1.40. The van der Waals surface area contributed by atoms with Gasteiger partial charge in [-0.25, -0.2) is 15.0 Å². The van der Waals surface area contributed by atoms with Crippen LogP contribution in [-0.2, 0) is 9.53 Å². The maximum atomic E-state index is 12.8. The summed E-state index contributed by atoms with van der Waals surface area (Å²) in [7, 11) is 0. The Balaban J connectivity index is 1.46. The molecule has 2 amide bonds. The van der Waals surface area contributed by atoms with Gasteiger partial charge in [0.05, 0.1) is 37.1 Å². The maximum Gasteiger partial charge on any atom is 0.257 e. The van der Waals surface area contributed by atoms with Crippen LogP contribution in [0.5, 0.6) is 0 Å². The van der Waals surface area contributed by atoms with E-state index < -0.39 is 0 Å². The van der Waals surface area contributed by atoms with E-state index >= 15 is 0 Å². The predicted molar refractivity (Wildman–Crippen MR) is 112 cm³/mol. The van der Waals surface area contributed by atoms with Gasteiger partial charge in [-0.3, -0.25) is 14.5 Å². The van der Waals surface area contributed by atoms with Gasteiger partial charge >= 0.3 is 0 Å². The number of aryl methyl sites for hydroxylation is 1. The SMILES string of the molecule is Cc1nc([C@H]2CCCCN2CC(=O)Nc2nccs2)ncc1C(=O)N1CCOCC1. The Labute approximate surface area is 179 Å². The van der Waals surface area contributed by atoms with Crippen LogP contribution in [-0.4, -0.2) is 76.0 Å². The molecular weight excluding hydrogens is 404 g/mol. The Morgan fingerprint density at radius 1 is 1.23 bits per heavy atom. The molecule has 1 atom stereocenters. The molecule has 4 heterocycles. The van der Waals surface area contributed by atoms with Crippen molar-refractivity contribution in [3.63, 3.8) is 0 Å². The van der Waals surface area contributed by atoms with Crippen LogP contribution < -0.4 is 5.32 Å². The summed E-state index contributed by atoms with van der Waals surface area (Å²) < 4.78 is 5.32. The third kappa shape index (κ3) is 4.82. The van der Waals surface area contributed by atoms with Crippen molar-refractivity contribution >= 4 is 28.3 Å². The number of morpholine rings is 1. The lowest BCUT2D eigenvalue weighted by molar-refractivity contribution is -0.118. The molecule has 2 aromatic heterocycles. The van der Waals surface area contributed by atoms with Crippen LogP contribution in [0.2, 0.25) is 0 Å². The molecule has 2 aromatic rings. The Morgan fingerprint density at radius 2 is 2.07 bits per heavy atom. The van der Waals surface area contributed by atoms with Gasteiger partial charge in [0.1, 0.15) is 5.82 Å². The van der Waals surface area contributed by atoms with E-state index in [0.29, 0.717) is 48.5 Å². The van der Waals surface area contributed by atoms with Gasteiger partial charge in [-0.1, -0.05) is 6.42 Å². The molecule has 9 nitrogen and oxygen atoms in total. The van der Waals surface area contributed by atoms with Gasteiger partial charge in [0, 0.05) is 30.9 Å². The van der Waals surface area contributed by atoms with Gasteiger partial charge in [0.25, 0.3) is 5.91 Å². The first-order valence-corrected chi connectivity index (χ1v) is 11.1. The number of hydrogen-bond acceptors (Lipinski definition) is 8. The molecule has 1 N–H and O–H groups in total. The molecule has 2 saturated heterocycles. The number of thiazole rings is 1. The number of rotatable bonds is 5. The zero-order chi connectivity index (χ0) is 20.9. The van der Waals surface area contributed by atoms with Crippen LogP contribution in [0.15, 0.2) is 17.8 Å². The second-order valence-electron chi connectivity index (χ2n) is 7.50. The number of anilines is 1. The van der Waals surface area contributed by atoms with Crippen LogP contribution in [0.3, 0.4) is 0 Å². The van der Waals surface area contributed by atoms with Gasteiger partial charge in [-0.05, 0) is 26.3 Å². The zero-order valence-corrected chi connectivity index (χ0v) is 17.9. The maximum absolute atomic E-state index is 12.8. The molecule has 0 saturated carbocycles. The van der Waals surface area contributed by atoms with Gasteiger partial charge < -0.3 is 15.0 Å². The van der Waals surface area contributed by atoms with Crippen molar-refractivity contribution in [1.29, 1.82) is 0 Å². The molecule has 0 unspecified atom stereocenters. The monoisotopic (exact) mass is 430 g/mol. The van der Waals surface area contributed by atoms with E-state index in [1.807, 2.05) is 12.3 Å². The molecule has 0 spiro atoms. The molecule has 4 rings (SSSR count). The van der Waals surface area contributed by atoms with Crippen molar-refractivity contribution < 1.29 is 14.3 Å². The summed E-state index contributed by atoms with van der Waals surface area (Å²) in [5.41, 5.74) is 1.21. The fourth-order valence-corrected chi connectivity index (χ4v) is 4.44. The van der Waals surface area contributed by atoms with Crippen LogP contribution in [0.25, 0.3) is 0 Å². The molecule has 2 aliphatic heterocycles. The fourth-order valence-electron chi connectivity index (χ4n) is 3.89. The van der Waals surface area contributed by atoms with Gasteiger partial charge in [-0.15, -0.1) is 11.3 Å². The van der Waals surface area contributed by atoms with Crippen molar-refractivity contribution in [3.8, 4) is 0 Å². The predicted octanol–water partition coefficient (Wildman–Crippen LogP) is 1.88. The van der Waals surface area contributed by atoms with Crippen LogP contribution in [0, 0.1) is 6.92 Å². The average Bonchev–Trinajstić information content (AvgIpc) is 3.27. The first kappa shape index (κ1) is 20.8. The van der Waals surface area contributed by atoms with E-state index in [-0.39, 0.29) is 24.4 Å². The number of carbonyl (C=O) groups excluding carboxylic acids is 2. The number of nitrogens with one attached hydrogen (secondary N) is 1. The second-order valence-corrected chi connectivity index (χ2v) is 8.39. The van der Waals surface area contributed by atoms with Gasteiger partial charge in [0.2, 0.25) is 5.91 Å². The average molecular weight is 431 g/mol. The normalized spacial score (nSPS) is 20.2. The molecule has 0 bridgehead atoms. The highest BCUT2D eigenvalue weighted by molar-refractivity contribution is 7.13. The Bertz CT molecular complexity index is 885. The number of hydrogen-bond donors (Lipinski definition) is 1. The van der Waals surface area contributed by atoms with Crippen molar-refractivity contribution in [2.24, 2.45) is 0 Å². The van der Waals surface area contributed by atoms with E-state index in [2.05, 4.69) is 25.2 Å². The highest BCUT2D eigenvalue weighted by Crippen LogP contribution is 2.29. The van der Waals surface area contributed by atoms with E-state index in [9.17, 15) is 9.59 Å². The second kappa shape index (κ2) is 9.59. The first-order valence-electron chi connectivity index (χ1n) is 10.3. The zero-order valence-electron chi connectivity index (χ0n) is 17.0. The standard InChI is InChI=1S/C20H26N6O3S/c1-14-15(19(28)25-7-9-29-10-8-25)12-22-18(23-14)16-4-2-3-6-26(16)13-17(27)24-20-21-5-11-30-20/h5,11-12,16H,2-4,6-10,13H2,1H3,(H,21,24,27)/t16-/m1/s1. The molecule has 0 aliphatic carbocycles. The molecule has 2 fully saturated rings. The Kier molecular flexibility index (Phi) is 6.66. The summed E-state index contributed by atoms with van der Waals surface area (Å²) in [6, 6.07) is -0.0352. The smallest absolute Gasteiger partial charge is 0.257 e. The molecule has 2 aliphatic rings. The topological polar surface area (TPSA) is 101 Å². The fraction of sp³-hybridized carbons (Fsp3) is 0.550. The first-order chi connectivity index (χ1) is 14.6. The molecule has 160 valence electrons. The largest absolute Gasteiger partial charge is 0.378 e. The summed E-state index contributed by atoms with van der Waals surface area (Å²) in [5, 5.41) is 5.27. The summed E-state index contributed by atoms with van der Waals surface area (Å²) in [6.45, 7) is 5.22. The number of aromatic nitrogens is 3. The minimum absolute atomic E-state index is 0.0352. The lowest BCUT2D eigenvalue weighted by Gasteiger charge is -2.34. The summed E-state index contributed by atoms with van der Waals surface area (Å²) in [5.74, 6) is 0.533. The Morgan fingerprint density at radius 3 is 2.80 bits per heavy atom. The van der Waals surface area contributed by atoms with Crippen molar-refractivity contribution in [2.45, 2.75) is 32.2 Å². The van der Waals surface area contributed by atoms with E-state index in [1.54, 1.807) is 17.3 Å². The van der Waals surface area contributed by atoms with Gasteiger partial charge in [-0.2, -0.15) is 0 Å². The number of ether oxygens (including phenoxy) is 1. The quantitative estimate of drug-likeness (QED) is 0.773. The molecular formula is C20H26N6O3S. The summed E-state index contributed by atoms with van der Waals surface area (Å²) in [4.78, 5) is 42.5. The molecule has 0 radical (unpaired) electrons. The van der Waals surface area contributed by atoms with Crippen molar-refractivity contribution in [2.75, 3.05) is 44.7 Å². The molecule has 10 heteroatoms.